The van der Waals surface area contributed by atoms with Gasteiger partial charge < -0.3 is 5.73 Å². The normalized spacial score (nSPS) is 16.4. The lowest BCUT2D eigenvalue weighted by molar-refractivity contribution is -0.119. The average Bonchev–Trinajstić information content (AvgIpc) is 2.13. The van der Waals surface area contributed by atoms with Crippen molar-refractivity contribution in [3.8, 4) is 0 Å². The summed E-state index contributed by atoms with van der Waals surface area (Å²) in [7, 11) is 0. The van der Waals surface area contributed by atoms with Crippen LogP contribution in [0.15, 0.2) is 5.10 Å². The minimum absolute atomic E-state index is 0.0682. The van der Waals surface area contributed by atoms with Gasteiger partial charge in [-0.2, -0.15) is 5.10 Å². The molecule has 0 saturated heterocycles. The smallest absolute Gasteiger partial charge is 0.245 e. The summed E-state index contributed by atoms with van der Waals surface area (Å²) in [5, 5.41) is 3.57. The van der Waals surface area contributed by atoms with Crippen molar-refractivity contribution in [1.82, 2.24) is 5.43 Å². The summed E-state index contributed by atoms with van der Waals surface area (Å²) in [6, 6.07) is 0. The highest BCUT2D eigenvalue weighted by Crippen LogP contribution is 1.98. The molecule has 3 N–H and O–H groups in total. The molecule has 1 aliphatic rings. The molecule has 0 unspecified atom stereocenters. The minimum Gasteiger partial charge on any atom is -0.369 e. The van der Waals surface area contributed by atoms with E-state index in [1.54, 1.807) is 0 Å². The quantitative estimate of drug-likeness (QED) is 0.503. The van der Waals surface area contributed by atoms with E-state index in [4.69, 9.17) is 5.73 Å². The van der Waals surface area contributed by atoms with E-state index in [2.05, 4.69) is 10.5 Å². The molecular formula is C5H7N3O2. The molecule has 0 radical (unpaired) electrons. The van der Waals surface area contributed by atoms with Crippen LogP contribution in [0.1, 0.15) is 12.8 Å². The van der Waals surface area contributed by atoms with E-state index in [-0.39, 0.29) is 18.7 Å². The lowest BCUT2D eigenvalue weighted by atomic mass is 10.2. The average molecular weight is 141 g/mol. The number of rotatable bonds is 2. The first-order valence-corrected chi connectivity index (χ1v) is 2.81. The van der Waals surface area contributed by atoms with Crippen LogP contribution < -0.4 is 11.2 Å². The van der Waals surface area contributed by atoms with Crippen LogP contribution in [0, 0.1) is 0 Å². The summed E-state index contributed by atoms with van der Waals surface area (Å²) in [5.41, 5.74) is 7.59. The van der Waals surface area contributed by atoms with Crippen molar-refractivity contribution in [1.29, 1.82) is 0 Å². The number of carbonyl (C=O) groups is 2. The molecule has 1 heterocycles. The van der Waals surface area contributed by atoms with E-state index in [9.17, 15) is 9.59 Å². The van der Waals surface area contributed by atoms with Crippen molar-refractivity contribution in [2.75, 3.05) is 0 Å². The van der Waals surface area contributed by atoms with Gasteiger partial charge in [0.2, 0.25) is 11.8 Å². The summed E-state index contributed by atoms with van der Waals surface area (Å²) in [6.07, 6.45) is 0.266. The monoisotopic (exact) mass is 141 g/mol. The van der Waals surface area contributed by atoms with Gasteiger partial charge in [0.1, 0.15) is 0 Å². The molecule has 5 heteroatoms. The van der Waals surface area contributed by atoms with E-state index in [1.165, 1.54) is 0 Å². The highest BCUT2D eigenvalue weighted by molar-refractivity contribution is 6.11. The van der Waals surface area contributed by atoms with Gasteiger partial charge in [-0.3, -0.25) is 9.59 Å². The molecule has 0 atom stereocenters. The predicted octanol–water partition coefficient (Wildman–Crippen LogP) is -1.26. The molecule has 0 aromatic carbocycles. The van der Waals surface area contributed by atoms with Crippen LogP contribution in [0.3, 0.4) is 0 Å². The topological polar surface area (TPSA) is 84.6 Å². The van der Waals surface area contributed by atoms with Gasteiger partial charge >= 0.3 is 0 Å². The molecule has 0 aliphatic carbocycles. The second-order valence-electron chi connectivity index (χ2n) is 2.03. The van der Waals surface area contributed by atoms with Crippen LogP contribution in [0.25, 0.3) is 0 Å². The second kappa shape index (κ2) is 2.47. The lowest BCUT2D eigenvalue weighted by Gasteiger charge is -1.88. The van der Waals surface area contributed by atoms with E-state index in [0.29, 0.717) is 5.71 Å². The third kappa shape index (κ3) is 1.54. The number of hydrogen-bond donors (Lipinski definition) is 2. The zero-order valence-electron chi connectivity index (χ0n) is 5.26. The Morgan fingerprint density at radius 3 is 2.90 bits per heavy atom. The summed E-state index contributed by atoms with van der Waals surface area (Å²) in [6.45, 7) is 0. The maximum absolute atomic E-state index is 10.5. The first kappa shape index (κ1) is 6.73. The first-order valence-electron chi connectivity index (χ1n) is 2.81. The van der Waals surface area contributed by atoms with Crippen LogP contribution in [0.5, 0.6) is 0 Å². The van der Waals surface area contributed by atoms with Crippen molar-refractivity contribution in [2.45, 2.75) is 12.8 Å². The van der Waals surface area contributed by atoms with Crippen LogP contribution in [0.4, 0.5) is 0 Å². The number of nitrogens with zero attached hydrogens (tertiary/aromatic N) is 1. The molecule has 0 aromatic heterocycles. The van der Waals surface area contributed by atoms with Gasteiger partial charge in [-0.05, 0) is 0 Å². The van der Waals surface area contributed by atoms with Crippen LogP contribution in [-0.4, -0.2) is 17.5 Å². The molecule has 1 rings (SSSR count). The molecule has 10 heavy (non-hydrogen) atoms. The Morgan fingerprint density at radius 2 is 2.50 bits per heavy atom. The van der Waals surface area contributed by atoms with Gasteiger partial charge in [0.05, 0.1) is 18.6 Å². The zero-order chi connectivity index (χ0) is 7.56. The first-order chi connectivity index (χ1) is 4.68. The van der Waals surface area contributed by atoms with E-state index in [1.807, 2.05) is 0 Å². The Morgan fingerprint density at radius 1 is 1.80 bits per heavy atom. The van der Waals surface area contributed by atoms with Gasteiger partial charge in [-0.1, -0.05) is 0 Å². The van der Waals surface area contributed by atoms with E-state index < -0.39 is 5.91 Å². The third-order valence-corrected chi connectivity index (χ3v) is 1.08. The standard InChI is InChI=1S/C5H7N3O2/c6-4(9)1-3-2-5(10)8-7-3/h1-2H2,(H2,6,9)(H,8,10). The molecule has 0 bridgehead atoms. The van der Waals surface area contributed by atoms with Crippen molar-refractivity contribution < 1.29 is 9.59 Å². The van der Waals surface area contributed by atoms with E-state index in [0.717, 1.165) is 0 Å². The Hall–Kier alpha value is -1.39. The maximum atomic E-state index is 10.5. The molecule has 1 aliphatic heterocycles. The Balaban J connectivity index is 2.44. The van der Waals surface area contributed by atoms with Crippen LogP contribution >= 0.6 is 0 Å². The summed E-state index contributed by atoms with van der Waals surface area (Å²) < 4.78 is 0. The largest absolute Gasteiger partial charge is 0.369 e. The van der Waals surface area contributed by atoms with Gasteiger partial charge in [0.15, 0.2) is 0 Å². The highest BCUT2D eigenvalue weighted by atomic mass is 16.2. The van der Waals surface area contributed by atoms with Gasteiger partial charge in [0, 0.05) is 0 Å². The summed E-state index contributed by atoms with van der Waals surface area (Å²) in [4.78, 5) is 20.7. The molecule has 0 fully saturated rings. The lowest BCUT2D eigenvalue weighted by Crippen LogP contribution is -2.15. The van der Waals surface area contributed by atoms with Gasteiger partial charge in [-0.15, -0.1) is 0 Å². The number of nitrogens with one attached hydrogen (secondary N) is 1. The van der Waals surface area contributed by atoms with Crippen molar-refractivity contribution in [3.05, 3.63) is 0 Å². The summed E-state index contributed by atoms with van der Waals surface area (Å²) >= 11 is 0. The number of amides is 2. The molecule has 0 spiro atoms. The fraction of sp³-hybridized carbons (Fsp3) is 0.400. The summed E-state index contributed by atoms with van der Waals surface area (Å²) in [5.74, 6) is -0.647. The van der Waals surface area contributed by atoms with Crippen molar-refractivity contribution in [2.24, 2.45) is 10.8 Å². The van der Waals surface area contributed by atoms with Crippen molar-refractivity contribution in [3.63, 3.8) is 0 Å². The predicted molar refractivity (Wildman–Crippen MR) is 34.0 cm³/mol. The number of hydrazone groups is 1. The molecule has 54 valence electrons. The number of primary amides is 1. The third-order valence-electron chi connectivity index (χ3n) is 1.08. The van der Waals surface area contributed by atoms with Crippen molar-refractivity contribution >= 4 is 17.5 Å². The fourth-order valence-corrected chi connectivity index (χ4v) is 0.709. The molecule has 2 amide bonds. The van der Waals surface area contributed by atoms with Gasteiger partial charge in [0.25, 0.3) is 0 Å². The Bertz CT molecular complexity index is 209. The second-order valence-corrected chi connectivity index (χ2v) is 2.03. The number of hydrogen-bond acceptors (Lipinski definition) is 3. The minimum atomic E-state index is -0.463. The number of carbonyl (C=O) groups excluding carboxylic acids is 2. The molecule has 5 nitrogen and oxygen atoms in total. The van der Waals surface area contributed by atoms with E-state index >= 15 is 0 Å². The van der Waals surface area contributed by atoms with Gasteiger partial charge in [-0.25, -0.2) is 5.43 Å². The molecular weight excluding hydrogens is 134 g/mol. The highest BCUT2D eigenvalue weighted by Gasteiger charge is 2.15. The zero-order valence-corrected chi connectivity index (χ0v) is 5.26. The maximum Gasteiger partial charge on any atom is 0.245 e. The Kier molecular flexibility index (Phi) is 1.66. The molecule has 0 saturated carbocycles. The number of nitrogens with two attached hydrogens (primary N) is 1. The van der Waals surface area contributed by atoms with Crippen LogP contribution in [0.2, 0.25) is 0 Å². The fourth-order valence-electron chi connectivity index (χ4n) is 0.709. The van der Waals surface area contributed by atoms with Crippen LogP contribution in [-0.2, 0) is 9.59 Å². The molecule has 0 aromatic rings. The Labute approximate surface area is 57.3 Å². The SMILES string of the molecule is NC(=O)CC1=NNC(=O)C1.